The molecular formula is C13H19FN2O2S. The quantitative estimate of drug-likeness (QED) is 0.836. The van der Waals surface area contributed by atoms with Crippen molar-refractivity contribution in [2.24, 2.45) is 5.92 Å². The van der Waals surface area contributed by atoms with Gasteiger partial charge < -0.3 is 5.73 Å². The minimum absolute atomic E-state index is 0.0231. The number of rotatable bonds is 3. The molecular weight excluding hydrogens is 267 g/mol. The fourth-order valence-electron chi connectivity index (χ4n) is 2.62. The van der Waals surface area contributed by atoms with E-state index in [4.69, 9.17) is 5.73 Å². The highest BCUT2D eigenvalue weighted by atomic mass is 32.2. The fourth-order valence-corrected chi connectivity index (χ4v) is 4.37. The van der Waals surface area contributed by atoms with Crippen LogP contribution in [0.5, 0.6) is 0 Å². The monoisotopic (exact) mass is 286 g/mol. The number of hydrogen-bond acceptors (Lipinski definition) is 3. The van der Waals surface area contributed by atoms with Crippen LogP contribution in [0.1, 0.15) is 30.9 Å². The molecule has 2 rings (SSSR count). The average molecular weight is 286 g/mol. The van der Waals surface area contributed by atoms with Crippen LogP contribution in [0.25, 0.3) is 0 Å². The summed E-state index contributed by atoms with van der Waals surface area (Å²) in [6, 6.07) is 1.14. The number of benzene rings is 1. The third kappa shape index (κ3) is 2.60. The van der Waals surface area contributed by atoms with Crippen LogP contribution in [0, 0.1) is 25.6 Å². The Hall–Kier alpha value is -1.14. The van der Waals surface area contributed by atoms with E-state index in [0.717, 1.165) is 12.8 Å². The summed E-state index contributed by atoms with van der Waals surface area (Å²) < 4.78 is 40.8. The molecule has 0 saturated heterocycles. The molecule has 106 valence electrons. The zero-order valence-electron chi connectivity index (χ0n) is 11.3. The first-order valence-electron chi connectivity index (χ1n) is 6.30. The molecule has 0 unspecified atom stereocenters. The van der Waals surface area contributed by atoms with E-state index in [1.807, 2.05) is 0 Å². The van der Waals surface area contributed by atoms with Gasteiger partial charge in [-0.2, -0.15) is 0 Å². The lowest BCUT2D eigenvalue weighted by Crippen LogP contribution is -2.43. The zero-order valence-corrected chi connectivity index (χ0v) is 12.1. The second kappa shape index (κ2) is 4.76. The summed E-state index contributed by atoms with van der Waals surface area (Å²) in [6.07, 6.45) is 1.68. The minimum atomic E-state index is -3.64. The highest BCUT2D eigenvalue weighted by molar-refractivity contribution is 7.89. The summed E-state index contributed by atoms with van der Waals surface area (Å²) in [4.78, 5) is 0.103. The summed E-state index contributed by atoms with van der Waals surface area (Å²) in [7, 11) is -3.64. The van der Waals surface area contributed by atoms with Crippen molar-refractivity contribution >= 4 is 15.7 Å². The van der Waals surface area contributed by atoms with Gasteiger partial charge in [-0.05, 0) is 49.8 Å². The maximum absolute atomic E-state index is 13.5. The molecule has 1 aromatic rings. The lowest BCUT2D eigenvalue weighted by atomic mass is 9.83. The number of anilines is 1. The van der Waals surface area contributed by atoms with Gasteiger partial charge in [0.05, 0.1) is 10.6 Å². The van der Waals surface area contributed by atoms with E-state index in [-0.39, 0.29) is 22.2 Å². The summed E-state index contributed by atoms with van der Waals surface area (Å²) in [5, 5.41) is 0. The SMILES string of the molecule is Cc1cc(F)c(N)c(C)c1S(=O)(=O)NC1CC(C)C1. The molecule has 1 aliphatic rings. The van der Waals surface area contributed by atoms with E-state index in [0.29, 0.717) is 11.5 Å². The third-order valence-electron chi connectivity index (χ3n) is 3.67. The first kappa shape index (κ1) is 14.3. The second-order valence-corrected chi connectivity index (χ2v) is 7.09. The topological polar surface area (TPSA) is 72.2 Å². The van der Waals surface area contributed by atoms with Gasteiger partial charge in [-0.15, -0.1) is 0 Å². The van der Waals surface area contributed by atoms with Gasteiger partial charge in [-0.3, -0.25) is 0 Å². The second-order valence-electron chi connectivity index (χ2n) is 5.44. The molecule has 0 radical (unpaired) electrons. The van der Waals surface area contributed by atoms with Crippen LogP contribution in [0.2, 0.25) is 0 Å². The minimum Gasteiger partial charge on any atom is -0.396 e. The molecule has 6 heteroatoms. The van der Waals surface area contributed by atoms with E-state index in [1.165, 1.54) is 13.0 Å². The predicted molar refractivity (Wildman–Crippen MR) is 72.8 cm³/mol. The highest BCUT2D eigenvalue weighted by Gasteiger charge is 2.31. The smallest absolute Gasteiger partial charge is 0.241 e. The fraction of sp³-hybridized carbons (Fsp3) is 0.538. The summed E-state index contributed by atoms with van der Waals surface area (Å²) in [6.45, 7) is 5.19. The summed E-state index contributed by atoms with van der Waals surface area (Å²) in [5.41, 5.74) is 6.13. The molecule has 0 amide bonds. The van der Waals surface area contributed by atoms with Crippen LogP contribution in [-0.2, 0) is 10.0 Å². The van der Waals surface area contributed by atoms with Crippen LogP contribution in [0.15, 0.2) is 11.0 Å². The van der Waals surface area contributed by atoms with Crippen molar-refractivity contribution in [1.82, 2.24) is 4.72 Å². The molecule has 0 aromatic heterocycles. The molecule has 1 saturated carbocycles. The Morgan fingerprint density at radius 2 is 1.95 bits per heavy atom. The van der Waals surface area contributed by atoms with Crippen molar-refractivity contribution < 1.29 is 12.8 Å². The predicted octanol–water partition coefficient (Wildman–Crippen LogP) is 2.10. The van der Waals surface area contributed by atoms with Crippen LogP contribution < -0.4 is 10.5 Å². The molecule has 1 aromatic carbocycles. The maximum Gasteiger partial charge on any atom is 0.241 e. The normalized spacial score (nSPS) is 23.2. The molecule has 4 nitrogen and oxygen atoms in total. The standard InChI is InChI=1S/C13H19FN2O2S/c1-7-4-10(5-7)16-19(17,18)13-8(2)6-11(14)12(15)9(13)3/h6-7,10,16H,4-5,15H2,1-3H3. The number of aryl methyl sites for hydroxylation is 1. The number of sulfonamides is 1. The van der Waals surface area contributed by atoms with Gasteiger partial charge in [0, 0.05) is 6.04 Å². The average Bonchev–Trinajstić information content (AvgIpc) is 2.23. The molecule has 0 heterocycles. The summed E-state index contributed by atoms with van der Waals surface area (Å²) >= 11 is 0. The number of nitrogens with one attached hydrogen (secondary N) is 1. The molecule has 0 aliphatic heterocycles. The Morgan fingerprint density at radius 3 is 2.47 bits per heavy atom. The van der Waals surface area contributed by atoms with Gasteiger partial charge in [0.1, 0.15) is 5.82 Å². The number of halogens is 1. The lowest BCUT2D eigenvalue weighted by molar-refractivity contribution is 0.270. The molecule has 0 atom stereocenters. The largest absolute Gasteiger partial charge is 0.396 e. The van der Waals surface area contributed by atoms with Crippen LogP contribution in [-0.4, -0.2) is 14.5 Å². The maximum atomic E-state index is 13.5. The third-order valence-corrected chi connectivity index (χ3v) is 5.48. The Labute approximate surface area is 113 Å². The van der Waals surface area contributed by atoms with Crippen molar-refractivity contribution in [1.29, 1.82) is 0 Å². The van der Waals surface area contributed by atoms with E-state index in [1.54, 1.807) is 6.92 Å². The van der Waals surface area contributed by atoms with Gasteiger partial charge in [-0.1, -0.05) is 6.92 Å². The number of nitrogen functional groups attached to an aromatic ring is 1. The first-order valence-corrected chi connectivity index (χ1v) is 7.78. The van der Waals surface area contributed by atoms with E-state index >= 15 is 0 Å². The van der Waals surface area contributed by atoms with E-state index < -0.39 is 15.8 Å². The van der Waals surface area contributed by atoms with Crippen molar-refractivity contribution in [3.63, 3.8) is 0 Å². The Balaban J connectivity index is 2.38. The van der Waals surface area contributed by atoms with Crippen LogP contribution in [0.4, 0.5) is 10.1 Å². The number of hydrogen-bond donors (Lipinski definition) is 2. The Bertz CT molecular complexity index is 608. The molecule has 1 fully saturated rings. The molecule has 0 spiro atoms. The molecule has 1 aliphatic carbocycles. The van der Waals surface area contributed by atoms with Crippen molar-refractivity contribution in [2.45, 2.75) is 44.6 Å². The van der Waals surface area contributed by atoms with Crippen molar-refractivity contribution in [3.8, 4) is 0 Å². The van der Waals surface area contributed by atoms with Gasteiger partial charge in [0.15, 0.2) is 0 Å². The molecule has 3 N–H and O–H groups in total. The van der Waals surface area contributed by atoms with Gasteiger partial charge >= 0.3 is 0 Å². The van der Waals surface area contributed by atoms with Crippen molar-refractivity contribution in [2.75, 3.05) is 5.73 Å². The van der Waals surface area contributed by atoms with E-state index in [2.05, 4.69) is 11.6 Å². The van der Waals surface area contributed by atoms with Crippen molar-refractivity contribution in [3.05, 3.63) is 23.0 Å². The number of nitrogens with two attached hydrogens (primary N) is 1. The van der Waals surface area contributed by atoms with Crippen LogP contribution in [0.3, 0.4) is 0 Å². The van der Waals surface area contributed by atoms with Gasteiger partial charge in [-0.25, -0.2) is 17.5 Å². The summed E-state index contributed by atoms with van der Waals surface area (Å²) in [5.74, 6) is -0.0283. The Kier molecular flexibility index (Phi) is 3.57. The van der Waals surface area contributed by atoms with Crippen LogP contribution >= 0.6 is 0 Å². The lowest BCUT2D eigenvalue weighted by Gasteiger charge is -2.33. The highest BCUT2D eigenvalue weighted by Crippen LogP contribution is 2.31. The Morgan fingerprint density at radius 1 is 1.37 bits per heavy atom. The van der Waals surface area contributed by atoms with Gasteiger partial charge in [0.25, 0.3) is 0 Å². The molecule has 0 bridgehead atoms. The van der Waals surface area contributed by atoms with E-state index in [9.17, 15) is 12.8 Å². The first-order chi connectivity index (χ1) is 8.72. The zero-order chi connectivity index (χ0) is 14.4. The van der Waals surface area contributed by atoms with Gasteiger partial charge in [0.2, 0.25) is 10.0 Å². The molecule has 19 heavy (non-hydrogen) atoms.